The molecule has 0 aromatic heterocycles. The molecule has 0 fully saturated rings. The maximum Gasteiger partial charge on any atom is 0.421 e. The zero-order valence-corrected chi connectivity index (χ0v) is 18.6. The lowest BCUT2D eigenvalue weighted by Gasteiger charge is -2.29. The Kier molecular flexibility index (Phi) is 5.70. The average Bonchev–Trinajstić information content (AvgIpc) is 3.03. The first kappa shape index (κ1) is 21.6. The molecular formula is C28H27NO3. The zero-order valence-electron chi connectivity index (χ0n) is 18.6. The lowest BCUT2D eigenvalue weighted by atomic mass is 9.72. The fourth-order valence-corrected chi connectivity index (χ4v) is 4.19. The maximum absolute atomic E-state index is 14.0. The molecule has 0 bridgehead atoms. The largest absolute Gasteiger partial charge is 0.443 e. The molecule has 162 valence electrons. The van der Waals surface area contributed by atoms with E-state index in [4.69, 9.17) is 4.74 Å². The van der Waals surface area contributed by atoms with Crippen molar-refractivity contribution in [3.8, 4) is 0 Å². The van der Waals surface area contributed by atoms with E-state index in [0.29, 0.717) is 12.1 Å². The van der Waals surface area contributed by atoms with Crippen LogP contribution in [0.1, 0.15) is 43.9 Å². The summed E-state index contributed by atoms with van der Waals surface area (Å²) < 4.78 is 5.60. The monoisotopic (exact) mass is 425 g/mol. The number of amides is 2. The van der Waals surface area contributed by atoms with E-state index in [2.05, 4.69) is 0 Å². The van der Waals surface area contributed by atoms with Crippen molar-refractivity contribution in [1.82, 2.24) is 0 Å². The van der Waals surface area contributed by atoms with Crippen LogP contribution in [-0.4, -0.2) is 17.6 Å². The summed E-state index contributed by atoms with van der Waals surface area (Å²) in [6.45, 7) is 5.39. The summed E-state index contributed by atoms with van der Waals surface area (Å²) in [5.41, 5.74) is 1.56. The summed E-state index contributed by atoms with van der Waals surface area (Å²) in [6.07, 6.45) is 3.78. The van der Waals surface area contributed by atoms with Gasteiger partial charge in [-0.25, -0.2) is 9.69 Å². The van der Waals surface area contributed by atoms with E-state index >= 15 is 0 Å². The molecule has 3 aromatic carbocycles. The Bertz CT molecular complexity index is 1150. The van der Waals surface area contributed by atoms with Crippen molar-refractivity contribution in [2.75, 3.05) is 4.90 Å². The lowest BCUT2D eigenvalue weighted by Crippen LogP contribution is -2.45. The topological polar surface area (TPSA) is 46.6 Å². The predicted molar refractivity (Wildman–Crippen MR) is 127 cm³/mol. The number of imide groups is 1. The summed E-state index contributed by atoms with van der Waals surface area (Å²) in [6, 6.07) is 27.1. The van der Waals surface area contributed by atoms with E-state index in [9.17, 15) is 9.59 Å². The van der Waals surface area contributed by atoms with Gasteiger partial charge in [0.2, 0.25) is 0 Å². The number of hydrogen-bond donors (Lipinski definition) is 0. The number of rotatable bonds is 4. The van der Waals surface area contributed by atoms with Crippen molar-refractivity contribution < 1.29 is 14.3 Å². The molecule has 0 radical (unpaired) electrons. The second-order valence-electron chi connectivity index (χ2n) is 8.93. The number of para-hydroxylation sites is 1. The molecule has 0 N–H and O–H groups in total. The molecule has 1 heterocycles. The summed E-state index contributed by atoms with van der Waals surface area (Å²) in [4.78, 5) is 28.4. The van der Waals surface area contributed by atoms with Gasteiger partial charge in [0.1, 0.15) is 11.0 Å². The van der Waals surface area contributed by atoms with E-state index in [1.54, 1.807) is 20.8 Å². The van der Waals surface area contributed by atoms with Gasteiger partial charge < -0.3 is 4.74 Å². The number of carbonyl (C=O) groups is 2. The highest BCUT2D eigenvalue weighted by atomic mass is 16.6. The average molecular weight is 426 g/mol. The summed E-state index contributed by atoms with van der Waals surface area (Å²) >= 11 is 0. The van der Waals surface area contributed by atoms with Gasteiger partial charge in [-0.1, -0.05) is 91.0 Å². The normalized spacial score (nSPS) is 18.1. The summed E-state index contributed by atoms with van der Waals surface area (Å²) in [5, 5.41) is 0. The number of ether oxygens (including phenoxy) is 1. The molecule has 0 spiro atoms. The molecule has 4 rings (SSSR count). The van der Waals surface area contributed by atoms with E-state index in [0.717, 1.165) is 16.7 Å². The second-order valence-corrected chi connectivity index (χ2v) is 8.93. The zero-order chi connectivity index (χ0) is 22.8. The van der Waals surface area contributed by atoms with Crippen LogP contribution in [0.5, 0.6) is 0 Å². The van der Waals surface area contributed by atoms with E-state index in [1.807, 2.05) is 97.1 Å². The lowest BCUT2D eigenvalue weighted by molar-refractivity contribution is -0.121. The fourth-order valence-electron chi connectivity index (χ4n) is 4.19. The number of hydrogen-bond acceptors (Lipinski definition) is 3. The molecule has 4 heteroatoms. The smallest absolute Gasteiger partial charge is 0.421 e. The molecule has 0 unspecified atom stereocenters. The Morgan fingerprint density at radius 2 is 1.50 bits per heavy atom. The Morgan fingerprint density at radius 3 is 2.16 bits per heavy atom. The maximum atomic E-state index is 14.0. The van der Waals surface area contributed by atoms with Gasteiger partial charge in [0.15, 0.2) is 0 Å². The standard InChI is InChI=1S/C28H27NO3/c1-27(2,3)32-26(31)29-24-19-11-10-18-23(24)28(25(29)30,22-16-8-5-9-17-22)20-12-15-21-13-6-4-7-14-21/h4-19H,20H2,1-3H3/b15-12+/t28-/m1/s1. The van der Waals surface area contributed by atoms with Crippen LogP contribution in [0.15, 0.2) is 91.0 Å². The van der Waals surface area contributed by atoms with Crippen LogP contribution in [0, 0.1) is 0 Å². The second kappa shape index (κ2) is 8.46. The molecule has 1 aliphatic heterocycles. The number of allylic oxidation sites excluding steroid dienone is 1. The molecule has 3 aromatic rings. The summed E-state index contributed by atoms with van der Waals surface area (Å²) in [7, 11) is 0. The van der Waals surface area contributed by atoms with Gasteiger partial charge >= 0.3 is 6.09 Å². The van der Waals surface area contributed by atoms with Gasteiger partial charge in [0, 0.05) is 0 Å². The SMILES string of the molecule is CC(C)(C)OC(=O)N1C(=O)[C@](C/C=C/c2ccccc2)(c2ccccc2)c2ccccc21. The van der Waals surface area contributed by atoms with Crippen LogP contribution in [0.3, 0.4) is 0 Å². The van der Waals surface area contributed by atoms with Gasteiger partial charge in [0.05, 0.1) is 5.69 Å². The first-order chi connectivity index (χ1) is 15.3. The van der Waals surface area contributed by atoms with Crippen LogP contribution in [0.25, 0.3) is 6.08 Å². The molecule has 0 saturated carbocycles. The number of anilines is 1. The Morgan fingerprint density at radius 1 is 0.906 bits per heavy atom. The molecule has 4 nitrogen and oxygen atoms in total. The molecular weight excluding hydrogens is 398 g/mol. The highest BCUT2D eigenvalue weighted by Gasteiger charge is 2.54. The Balaban J connectivity index is 1.83. The van der Waals surface area contributed by atoms with E-state index < -0.39 is 17.1 Å². The number of benzene rings is 3. The molecule has 0 aliphatic carbocycles. The van der Waals surface area contributed by atoms with Gasteiger partial charge in [-0.2, -0.15) is 0 Å². The van der Waals surface area contributed by atoms with Gasteiger partial charge in [-0.15, -0.1) is 0 Å². The quantitative estimate of drug-likeness (QED) is 0.489. The minimum atomic E-state index is -1.01. The van der Waals surface area contributed by atoms with Gasteiger partial charge in [-0.3, -0.25) is 4.79 Å². The van der Waals surface area contributed by atoms with Gasteiger partial charge in [-0.05, 0) is 49.9 Å². The van der Waals surface area contributed by atoms with Crippen LogP contribution in [0.4, 0.5) is 10.5 Å². The molecule has 1 atom stereocenters. The van der Waals surface area contributed by atoms with Crippen LogP contribution in [0.2, 0.25) is 0 Å². The molecule has 1 aliphatic rings. The van der Waals surface area contributed by atoms with E-state index in [-0.39, 0.29) is 5.91 Å². The van der Waals surface area contributed by atoms with Crippen molar-refractivity contribution in [3.63, 3.8) is 0 Å². The van der Waals surface area contributed by atoms with E-state index in [1.165, 1.54) is 4.90 Å². The Labute approximate surface area is 189 Å². The first-order valence-electron chi connectivity index (χ1n) is 10.8. The first-order valence-corrected chi connectivity index (χ1v) is 10.8. The molecule has 32 heavy (non-hydrogen) atoms. The fraction of sp³-hybridized carbons (Fsp3) is 0.214. The number of carbonyl (C=O) groups excluding carboxylic acids is 2. The van der Waals surface area contributed by atoms with Crippen LogP contribution < -0.4 is 4.90 Å². The van der Waals surface area contributed by atoms with Crippen molar-refractivity contribution in [1.29, 1.82) is 0 Å². The predicted octanol–water partition coefficient (Wildman–Crippen LogP) is 6.36. The van der Waals surface area contributed by atoms with Crippen LogP contribution in [-0.2, 0) is 14.9 Å². The Hall–Kier alpha value is -3.66. The third-order valence-corrected chi connectivity index (χ3v) is 5.55. The minimum absolute atomic E-state index is 0.295. The van der Waals surface area contributed by atoms with Crippen LogP contribution >= 0.6 is 0 Å². The number of fused-ring (bicyclic) bond motifs is 1. The van der Waals surface area contributed by atoms with Crippen molar-refractivity contribution >= 4 is 23.8 Å². The highest BCUT2D eigenvalue weighted by Crippen LogP contribution is 2.49. The van der Waals surface area contributed by atoms with Crippen molar-refractivity contribution in [3.05, 3.63) is 108 Å². The summed E-state index contributed by atoms with van der Waals surface area (Å²) in [5.74, 6) is -0.295. The molecule has 0 saturated heterocycles. The number of nitrogens with zero attached hydrogens (tertiary/aromatic N) is 1. The van der Waals surface area contributed by atoms with Gasteiger partial charge in [0.25, 0.3) is 5.91 Å². The third kappa shape index (κ3) is 3.96. The van der Waals surface area contributed by atoms with Crippen molar-refractivity contribution in [2.24, 2.45) is 0 Å². The molecule has 2 amide bonds. The highest BCUT2D eigenvalue weighted by molar-refractivity contribution is 6.22. The third-order valence-electron chi connectivity index (χ3n) is 5.55. The minimum Gasteiger partial charge on any atom is -0.443 e. The van der Waals surface area contributed by atoms with Crippen molar-refractivity contribution in [2.45, 2.75) is 38.2 Å².